The lowest BCUT2D eigenvalue weighted by Crippen LogP contribution is -2.15. The van der Waals surface area contributed by atoms with Gasteiger partial charge in [-0.25, -0.2) is 9.97 Å². The van der Waals surface area contributed by atoms with Gasteiger partial charge in [0.05, 0.1) is 10.6 Å². The summed E-state index contributed by atoms with van der Waals surface area (Å²) < 4.78 is 37.9. The minimum Gasteiger partial charge on any atom is -0.368 e. The number of nitriles is 1. The molecule has 0 bridgehead atoms. The maximum Gasteiger partial charge on any atom is 0.433 e. The lowest BCUT2D eigenvalue weighted by Gasteiger charge is -2.13. The first-order chi connectivity index (χ1) is 9.91. The van der Waals surface area contributed by atoms with E-state index in [2.05, 4.69) is 15.3 Å². The van der Waals surface area contributed by atoms with Gasteiger partial charge < -0.3 is 5.32 Å². The Labute approximate surface area is 123 Å². The molecule has 0 aliphatic rings. The minimum atomic E-state index is -4.54. The molecule has 0 aliphatic carbocycles. The van der Waals surface area contributed by atoms with E-state index in [0.717, 1.165) is 17.1 Å². The highest BCUT2D eigenvalue weighted by Gasteiger charge is 2.33. The van der Waals surface area contributed by atoms with Crippen LogP contribution in [0.15, 0.2) is 23.7 Å². The standard InChI is InChI=1S/C13H11F3N4S/c1-8(12-18-4-5-21-12)7-19-11-9(6-17)2-3-10(20-11)13(14,15)16/h2-5,8H,7H2,1H3,(H,19,20). The molecule has 0 amide bonds. The number of nitrogens with one attached hydrogen (secondary N) is 1. The van der Waals surface area contributed by atoms with E-state index in [1.165, 1.54) is 11.3 Å². The molecule has 0 spiro atoms. The highest BCUT2D eigenvalue weighted by Crippen LogP contribution is 2.29. The molecule has 0 aliphatic heterocycles. The smallest absolute Gasteiger partial charge is 0.368 e. The summed E-state index contributed by atoms with van der Waals surface area (Å²) in [4.78, 5) is 7.63. The van der Waals surface area contributed by atoms with Gasteiger partial charge in [0.1, 0.15) is 17.6 Å². The second-order valence-corrected chi connectivity index (χ2v) is 5.28. The predicted molar refractivity (Wildman–Crippen MR) is 73.0 cm³/mol. The monoisotopic (exact) mass is 312 g/mol. The van der Waals surface area contributed by atoms with Crippen LogP contribution in [0, 0.1) is 11.3 Å². The molecule has 1 atom stereocenters. The van der Waals surface area contributed by atoms with Crippen molar-refractivity contribution in [2.24, 2.45) is 0 Å². The fraction of sp³-hybridized carbons (Fsp3) is 0.308. The molecule has 0 radical (unpaired) electrons. The Hall–Kier alpha value is -2.14. The van der Waals surface area contributed by atoms with Gasteiger partial charge in [0.2, 0.25) is 0 Å². The van der Waals surface area contributed by atoms with Crippen molar-refractivity contribution in [2.75, 3.05) is 11.9 Å². The van der Waals surface area contributed by atoms with Crippen LogP contribution in [0.25, 0.3) is 0 Å². The molecule has 110 valence electrons. The molecule has 1 N–H and O–H groups in total. The third-order valence-corrected chi connectivity index (χ3v) is 3.76. The maximum atomic E-state index is 12.6. The van der Waals surface area contributed by atoms with Gasteiger partial charge in [0, 0.05) is 24.0 Å². The van der Waals surface area contributed by atoms with Gasteiger partial charge in [-0.05, 0) is 12.1 Å². The second kappa shape index (κ2) is 6.10. The van der Waals surface area contributed by atoms with Crippen LogP contribution < -0.4 is 5.32 Å². The zero-order valence-corrected chi connectivity index (χ0v) is 11.8. The molecule has 0 saturated heterocycles. The molecule has 1 unspecified atom stereocenters. The van der Waals surface area contributed by atoms with Crippen molar-refractivity contribution in [3.8, 4) is 6.07 Å². The summed E-state index contributed by atoms with van der Waals surface area (Å²) in [5.41, 5.74) is -0.944. The third-order valence-electron chi connectivity index (χ3n) is 2.75. The summed E-state index contributed by atoms with van der Waals surface area (Å²) in [6.07, 6.45) is -2.87. The SMILES string of the molecule is CC(CNc1nc(C(F)(F)F)ccc1C#N)c1nccs1. The average molecular weight is 312 g/mol. The first kappa shape index (κ1) is 15.3. The fourth-order valence-corrected chi connectivity index (χ4v) is 2.36. The number of pyridine rings is 1. The molecule has 0 saturated carbocycles. The van der Waals surface area contributed by atoms with Crippen LogP contribution in [0.5, 0.6) is 0 Å². The minimum absolute atomic E-state index is 0.00730. The zero-order chi connectivity index (χ0) is 15.5. The van der Waals surface area contributed by atoms with Crippen molar-refractivity contribution in [3.63, 3.8) is 0 Å². The number of hydrogen-bond donors (Lipinski definition) is 1. The molecule has 0 aromatic carbocycles. The molecule has 2 heterocycles. The molecular weight excluding hydrogens is 301 g/mol. The van der Waals surface area contributed by atoms with Crippen molar-refractivity contribution in [1.82, 2.24) is 9.97 Å². The topological polar surface area (TPSA) is 61.6 Å². The molecule has 4 nitrogen and oxygen atoms in total. The van der Waals surface area contributed by atoms with Crippen molar-refractivity contribution >= 4 is 17.2 Å². The van der Waals surface area contributed by atoms with E-state index in [-0.39, 0.29) is 17.3 Å². The van der Waals surface area contributed by atoms with E-state index < -0.39 is 11.9 Å². The lowest BCUT2D eigenvalue weighted by molar-refractivity contribution is -0.141. The Bertz CT molecular complexity index is 646. The number of alkyl halides is 3. The summed E-state index contributed by atoms with van der Waals surface area (Å²) in [7, 11) is 0. The third kappa shape index (κ3) is 3.70. The van der Waals surface area contributed by atoms with Crippen LogP contribution in [-0.4, -0.2) is 16.5 Å². The zero-order valence-electron chi connectivity index (χ0n) is 11.0. The number of rotatable bonds is 4. The Morgan fingerprint density at radius 2 is 2.19 bits per heavy atom. The summed E-state index contributed by atoms with van der Waals surface area (Å²) in [5, 5.41) is 14.4. The first-order valence-corrected chi connectivity index (χ1v) is 6.91. The van der Waals surface area contributed by atoms with Gasteiger partial charge in [-0.3, -0.25) is 0 Å². The highest BCUT2D eigenvalue weighted by molar-refractivity contribution is 7.09. The van der Waals surface area contributed by atoms with Crippen molar-refractivity contribution in [3.05, 3.63) is 40.0 Å². The van der Waals surface area contributed by atoms with E-state index >= 15 is 0 Å². The van der Waals surface area contributed by atoms with Crippen molar-refractivity contribution < 1.29 is 13.2 Å². The van der Waals surface area contributed by atoms with Gasteiger partial charge in [0.25, 0.3) is 0 Å². The van der Waals surface area contributed by atoms with Crippen molar-refractivity contribution in [2.45, 2.75) is 19.0 Å². The van der Waals surface area contributed by atoms with Gasteiger partial charge in [-0.2, -0.15) is 18.4 Å². The van der Waals surface area contributed by atoms with E-state index in [1.807, 2.05) is 18.4 Å². The molecule has 8 heteroatoms. The lowest BCUT2D eigenvalue weighted by atomic mass is 10.2. The van der Waals surface area contributed by atoms with Gasteiger partial charge in [-0.15, -0.1) is 11.3 Å². The van der Waals surface area contributed by atoms with Crippen LogP contribution in [0.4, 0.5) is 19.0 Å². The van der Waals surface area contributed by atoms with E-state index in [9.17, 15) is 13.2 Å². The number of halogens is 3. The Morgan fingerprint density at radius 3 is 2.76 bits per heavy atom. The van der Waals surface area contributed by atoms with Crippen LogP contribution in [0.3, 0.4) is 0 Å². The molecule has 21 heavy (non-hydrogen) atoms. The largest absolute Gasteiger partial charge is 0.433 e. The van der Waals surface area contributed by atoms with Gasteiger partial charge in [0.15, 0.2) is 0 Å². The van der Waals surface area contributed by atoms with E-state index in [4.69, 9.17) is 5.26 Å². The molecule has 2 rings (SSSR count). The van der Waals surface area contributed by atoms with Crippen LogP contribution in [-0.2, 0) is 6.18 Å². The number of anilines is 1. The quantitative estimate of drug-likeness (QED) is 0.936. The summed E-state index contributed by atoms with van der Waals surface area (Å²) >= 11 is 1.47. The molecule has 2 aromatic rings. The van der Waals surface area contributed by atoms with Crippen LogP contribution in [0.2, 0.25) is 0 Å². The number of aromatic nitrogens is 2. The molecule has 0 fully saturated rings. The summed E-state index contributed by atoms with van der Waals surface area (Å²) in [6, 6.07) is 3.74. The Kier molecular flexibility index (Phi) is 4.43. The van der Waals surface area contributed by atoms with Crippen molar-refractivity contribution in [1.29, 1.82) is 5.26 Å². The first-order valence-electron chi connectivity index (χ1n) is 6.03. The predicted octanol–water partition coefficient (Wildman–Crippen LogP) is 3.64. The second-order valence-electron chi connectivity index (χ2n) is 4.35. The fourth-order valence-electron chi connectivity index (χ4n) is 1.66. The number of thiazole rings is 1. The number of nitrogens with zero attached hydrogens (tertiary/aromatic N) is 3. The number of hydrogen-bond acceptors (Lipinski definition) is 5. The van der Waals surface area contributed by atoms with Crippen LogP contribution in [0.1, 0.15) is 29.1 Å². The van der Waals surface area contributed by atoms with Gasteiger partial charge >= 0.3 is 6.18 Å². The Morgan fingerprint density at radius 1 is 1.43 bits per heavy atom. The van der Waals surface area contributed by atoms with Gasteiger partial charge in [-0.1, -0.05) is 6.92 Å². The summed E-state index contributed by atoms with van der Waals surface area (Å²) in [6.45, 7) is 2.24. The molecule has 2 aromatic heterocycles. The van der Waals surface area contributed by atoms with E-state index in [0.29, 0.717) is 6.54 Å². The molecular formula is C13H11F3N4S. The summed E-state index contributed by atoms with van der Waals surface area (Å²) in [5.74, 6) is -0.0522. The Balaban J connectivity index is 2.17. The maximum absolute atomic E-state index is 12.6. The van der Waals surface area contributed by atoms with E-state index in [1.54, 1.807) is 6.20 Å². The average Bonchev–Trinajstić information content (AvgIpc) is 2.97. The van der Waals surface area contributed by atoms with Crippen LogP contribution >= 0.6 is 11.3 Å². The normalized spacial score (nSPS) is 12.7. The highest BCUT2D eigenvalue weighted by atomic mass is 32.1.